The number of unbranched alkanes of at least 4 members (excludes halogenated alkanes) is 13. The van der Waals surface area contributed by atoms with E-state index in [0.29, 0.717) is 5.11 Å². The van der Waals surface area contributed by atoms with Crippen LogP contribution in [0, 0.1) is 0 Å². The van der Waals surface area contributed by atoms with Gasteiger partial charge in [0, 0.05) is 12.2 Å². The molecule has 1 rings (SSSR count). The van der Waals surface area contributed by atoms with Gasteiger partial charge in [-0.25, -0.2) is 0 Å². The van der Waals surface area contributed by atoms with Crippen molar-refractivity contribution in [3.63, 3.8) is 0 Å². The molecule has 0 unspecified atom stereocenters. The first-order valence-corrected chi connectivity index (χ1v) is 11.5. The van der Waals surface area contributed by atoms with Gasteiger partial charge in [-0.05, 0) is 42.9 Å². The fraction of sp³-hybridized carbons (Fsp3) is 0.696. The Labute approximate surface area is 172 Å². The van der Waals surface area contributed by atoms with Gasteiger partial charge in [-0.3, -0.25) is 0 Å². The number of nitrogens with one attached hydrogen (secondary N) is 2. The summed E-state index contributed by atoms with van der Waals surface area (Å²) in [6, 6.07) is 6.93. The van der Waals surface area contributed by atoms with Crippen LogP contribution in [0.5, 0.6) is 5.75 Å². The van der Waals surface area contributed by atoms with Crippen LogP contribution in [0.1, 0.15) is 96.8 Å². The van der Waals surface area contributed by atoms with E-state index in [2.05, 4.69) is 17.6 Å². The minimum absolute atomic E-state index is 0.266. The number of rotatable bonds is 16. The highest BCUT2D eigenvalue weighted by molar-refractivity contribution is 7.80. The van der Waals surface area contributed by atoms with E-state index in [-0.39, 0.29) is 5.75 Å². The molecule has 0 amide bonds. The third-order valence-electron chi connectivity index (χ3n) is 4.94. The predicted molar refractivity (Wildman–Crippen MR) is 123 cm³/mol. The van der Waals surface area contributed by atoms with E-state index in [1.54, 1.807) is 12.1 Å². The molecular weight excluding hydrogens is 352 g/mol. The molecule has 0 bridgehead atoms. The van der Waals surface area contributed by atoms with Crippen LogP contribution >= 0.6 is 12.2 Å². The molecule has 0 aliphatic rings. The SMILES string of the molecule is CCCCCCCCCCCCCCCCNC(=S)Nc1ccc(O)cc1. The van der Waals surface area contributed by atoms with Crippen molar-refractivity contribution < 1.29 is 5.11 Å². The molecule has 0 radical (unpaired) electrons. The lowest BCUT2D eigenvalue weighted by Gasteiger charge is -2.10. The van der Waals surface area contributed by atoms with Gasteiger partial charge in [-0.1, -0.05) is 90.4 Å². The number of anilines is 1. The number of thiocarbonyl (C=S) groups is 1. The van der Waals surface area contributed by atoms with Crippen LogP contribution in [0.3, 0.4) is 0 Å². The molecule has 0 aliphatic heterocycles. The quantitative estimate of drug-likeness (QED) is 0.159. The van der Waals surface area contributed by atoms with Crippen LogP contribution in [0.15, 0.2) is 24.3 Å². The van der Waals surface area contributed by atoms with Crippen molar-refractivity contribution in [2.45, 2.75) is 96.8 Å². The number of benzene rings is 1. The van der Waals surface area contributed by atoms with Gasteiger partial charge < -0.3 is 15.7 Å². The fourth-order valence-corrected chi connectivity index (χ4v) is 3.46. The van der Waals surface area contributed by atoms with Crippen LogP contribution in [-0.2, 0) is 0 Å². The highest BCUT2D eigenvalue weighted by atomic mass is 32.1. The molecule has 4 heteroatoms. The van der Waals surface area contributed by atoms with Crippen molar-refractivity contribution in [3.8, 4) is 5.75 Å². The standard InChI is InChI=1S/C23H40N2OS/c1-2-3-4-5-6-7-8-9-10-11-12-13-14-15-20-24-23(27)25-21-16-18-22(26)19-17-21/h16-19,26H,2-15,20H2,1H3,(H2,24,25,27). The molecule has 0 spiro atoms. The van der Waals surface area contributed by atoms with E-state index in [9.17, 15) is 5.11 Å². The maximum Gasteiger partial charge on any atom is 0.170 e. The third kappa shape index (κ3) is 14.4. The van der Waals surface area contributed by atoms with Gasteiger partial charge in [0.15, 0.2) is 5.11 Å². The van der Waals surface area contributed by atoms with Crippen LogP contribution < -0.4 is 10.6 Å². The molecule has 0 saturated carbocycles. The van der Waals surface area contributed by atoms with Crippen LogP contribution in [0.25, 0.3) is 0 Å². The lowest BCUT2D eigenvalue weighted by Crippen LogP contribution is -2.29. The summed E-state index contributed by atoms with van der Waals surface area (Å²) in [6.45, 7) is 3.20. The molecule has 1 aromatic rings. The second-order valence-electron chi connectivity index (χ2n) is 7.52. The minimum atomic E-state index is 0.266. The molecule has 0 atom stereocenters. The Morgan fingerprint density at radius 1 is 0.741 bits per heavy atom. The molecule has 0 aliphatic carbocycles. The lowest BCUT2D eigenvalue weighted by molar-refractivity contribution is 0.475. The largest absolute Gasteiger partial charge is 0.508 e. The fourth-order valence-electron chi connectivity index (χ4n) is 3.24. The number of phenolic OH excluding ortho intramolecular Hbond substituents is 1. The molecule has 27 heavy (non-hydrogen) atoms. The van der Waals surface area contributed by atoms with Gasteiger partial charge in [-0.15, -0.1) is 0 Å². The molecule has 0 aromatic heterocycles. The second kappa shape index (κ2) is 16.9. The predicted octanol–water partition coefficient (Wildman–Crippen LogP) is 7.16. The first-order valence-electron chi connectivity index (χ1n) is 11.1. The highest BCUT2D eigenvalue weighted by Gasteiger charge is 1.98. The summed E-state index contributed by atoms with van der Waals surface area (Å²) in [6.07, 6.45) is 19.3. The summed E-state index contributed by atoms with van der Waals surface area (Å²) in [5.74, 6) is 0.266. The Morgan fingerprint density at radius 3 is 1.67 bits per heavy atom. The average molecular weight is 393 g/mol. The topological polar surface area (TPSA) is 44.3 Å². The van der Waals surface area contributed by atoms with Crippen LogP contribution in [0.2, 0.25) is 0 Å². The van der Waals surface area contributed by atoms with Crippen molar-refractivity contribution in [1.29, 1.82) is 0 Å². The summed E-state index contributed by atoms with van der Waals surface area (Å²) in [7, 11) is 0. The van der Waals surface area contributed by atoms with Crippen molar-refractivity contribution in [1.82, 2.24) is 5.32 Å². The number of phenols is 1. The van der Waals surface area contributed by atoms with Crippen LogP contribution in [0.4, 0.5) is 5.69 Å². The summed E-state index contributed by atoms with van der Waals surface area (Å²) in [5.41, 5.74) is 0.895. The summed E-state index contributed by atoms with van der Waals surface area (Å²) >= 11 is 5.28. The minimum Gasteiger partial charge on any atom is -0.508 e. The molecule has 0 heterocycles. The zero-order valence-electron chi connectivity index (χ0n) is 17.3. The van der Waals surface area contributed by atoms with E-state index in [0.717, 1.165) is 18.7 Å². The van der Waals surface area contributed by atoms with E-state index < -0.39 is 0 Å². The second-order valence-corrected chi connectivity index (χ2v) is 7.93. The van der Waals surface area contributed by atoms with Crippen LogP contribution in [-0.4, -0.2) is 16.8 Å². The van der Waals surface area contributed by atoms with E-state index in [1.165, 1.54) is 83.5 Å². The Balaban J connectivity index is 1.81. The van der Waals surface area contributed by atoms with Gasteiger partial charge in [0.25, 0.3) is 0 Å². The zero-order chi connectivity index (χ0) is 19.6. The van der Waals surface area contributed by atoms with E-state index in [1.807, 2.05) is 12.1 Å². The number of hydrogen-bond acceptors (Lipinski definition) is 2. The summed E-state index contributed by atoms with van der Waals surface area (Å²) in [5, 5.41) is 16.3. The number of hydrogen-bond donors (Lipinski definition) is 3. The lowest BCUT2D eigenvalue weighted by atomic mass is 10.0. The van der Waals surface area contributed by atoms with Crippen molar-refractivity contribution in [2.75, 3.05) is 11.9 Å². The van der Waals surface area contributed by atoms with Gasteiger partial charge >= 0.3 is 0 Å². The van der Waals surface area contributed by atoms with E-state index >= 15 is 0 Å². The molecule has 0 fully saturated rings. The summed E-state index contributed by atoms with van der Waals surface area (Å²) < 4.78 is 0. The molecule has 0 saturated heterocycles. The molecule has 154 valence electrons. The first-order chi connectivity index (χ1) is 13.2. The number of aromatic hydroxyl groups is 1. The Hall–Kier alpha value is -1.29. The first kappa shape index (κ1) is 23.7. The zero-order valence-corrected chi connectivity index (χ0v) is 18.1. The van der Waals surface area contributed by atoms with Gasteiger partial charge in [0.1, 0.15) is 5.75 Å². The molecular formula is C23H40N2OS. The molecule has 3 nitrogen and oxygen atoms in total. The van der Waals surface area contributed by atoms with Crippen molar-refractivity contribution in [2.24, 2.45) is 0 Å². The third-order valence-corrected chi connectivity index (χ3v) is 5.19. The van der Waals surface area contributed by atoms with Gasteiger partial charge in [-0.2, -0.15) is 0 Å². The van der Waals surface area contributed by atoms with Crippen molar-refractivity contribution in [3.05, 3.63) is 24.3 Å². The smallest absolute Gasteiger partial charge is 0.170 e. The normalized spacial score (nSPS) is 10.7. The Kier molecular flexibility index (Phi) is 14.8. The monoisotopic (exact) mass is 392 g/mol. The molecule has 1 aromatic carbocycles. The van der Waals surface area contributed by atoms with Gasteiger partial charge in [0.05, 0.1) is 0 Å². The van der Waals surface area contributed by atoms with E-state index in [4.69, 9.17) is 12.2 Å². The Bertz CT molecular complexity index is 476. The Morgan fingerprint density at radius 2 is 1.19 bits per heavy atom. The molecule has 3 N–H and O–H groups in total. The maximum atomic E-state index is 9.27. The van der Waals surface area contributed by atoms with Crippen molar-refractivity contribution >= 4 is 23.0 Å². The van der Waals surface area contributed by atoms with Gasteiger partial charge in [0.2, 0.25) is 0 Å². The summed E-state index contributed by atoms with van der Waals surface area (Å²) in [4.78, 5) is 0. The maximum absolute atomic E-state index is 9.27. The average Bonchev–Trinajstić information content (AvgIpc) is 2.66. The highest BCUT2D eigenvalue weighted by Crippen LogP contribution is 2.14.